The van der Waals surface area contributed by atoms with E-state index in [0.29, 0.717) is 12.3 Å². The Morgan fingerprint density at radius 2 is 1.55 bits per heavy atom. The number of carbonyl (C=O) groups is 2. The van der Waals surface area contributed by atoms with E-state index >= 15 is 0 Å². The van der Waals surface area contributed by atoms with Crippen molar-refractivity contribution in [1.29, 1.82) is 5.41 Å². The molecule has 2 rings (SSSR count). The van der Waals surface area contributed by atoms with Crippen LogP contribution in [0.4, 0.5) is 4.79 Å². The van der Waals surface area contributed by atoms with Gasteiger partial charge in [0.1, 0.15) is 5.60 Å². The van der Waals surface area contributed by atoms with Crippen LogP contribution in [0.15, 0.2) is 0 Å². The SMILES string of the molecule is CCCC(=O)N(C)C(CCCCB1OC(C)(C)C(C)(C)O1)(C1CC(NC(=O)OC(C)(C)C)C1)C(C)(C)C.N=C=O. The van der Waals surface area contributed by atoms with Gasteiger partial charge >= 0.3 is 13.2 Å². The number of carbonyl (C=O) groups excluding carboxylic acids is 3. The lowest BCUT2D eigenvalue weighted by Gasteiger charge is -2.60. The summed E-state index contributed by atoms with van der Waals surface area (Å²) in [5.41, 5.74) is -1.59. The van der Waals surface area contributed by atoms with Gasteiger partial charge in [-0.2, -0.15) is 0 Å². The fourth-order valence-corrected chi connectivity index (χ4v) is 6.13. The minimum atomic E-state index is -0.521. The van der Waals surface area contributed by atoms with E-state index < -0.39 is 5.60 Å². The van der Waals surface area contributed by atoms with Crippen molar-refractivity contribution >= 4 is 25.2 Å². The summed E-state index contributed by atoms with van der Waals surface area (Å²) in [5, 5.41) is 8.44. The van der Waals surface area contributed by atoms with Crippen LogP contribution in [0.2, 0.25) is 6.32 Å². The van der Waals surface area contributed by atoms with E-state index in [1.807, 2.05) is 27.8 Å². The van der Waals surface area contributed by atoms with Crippen molar-refractivity contribution in [3.8, 4) is 0 Å². The lowest BCUT2D eigenvalue weighted by Crippen LogP contribution is -2.66. The maximum atomic E-state index is 13.3. The summed E-state index contributed by atoms with van der Waals surface area (Å²) in [6, 6.07) is 0.0704. The number of nitrogens with one attached hydrogen (secondary N) is 2. The Morgan fingerprint density at radius 1 is 1.05 bits per heavy atom. The highest BCUT2D eigenvalue weighted by molar-refractivity contribution is 6.45. The van der Waals surface area contributed by atoms with Crippen molar-refractivity contribution in [2.45, 2.75) is 156 Å². The van der Waals surface area contributed by atoms with E-state index in [2.05, 4.69) is 65.6 Å². The van der Waals surface area contributed by atoms with E-state index in [4.69, 9.17) is 24.2 Å². The lowest BCUT2D eigenvalue weighted by atomic mass is 9.55. The molecule has 1 saturated heterocycles. The van der Waals surface area contributed by atoms with Crippen LogP contribution in [0.1, 0.15) is 121 Å². The molecule has 0 spiro atoms. The van der Waals surface area contributed by atoms with Gasteiger partial charge in [-0.25, -0.2) is 15.0 Å². The Bertz CT molecular complexity index is 867. The molecule has 0 bridgehead atoms. The van der Waals surface area contributed by atoms with Crippen molar-refractivity contribution in [1.82, 2.24) is 10.2 Å². The van der Waals surface area contributed by atoms with Gasteiger partial charge in [-0.3, -0.25) is 4.79 Å². The van der Waals surface area contributed by atoms with Crippen molar-refractivity contribution in [2.24, 2.45) is 11.3 Å². The van der Waals surface area contributed by atoms with Crippen LogP contribution < -0.4 is 5.32 Å². The summed E-state index contributed by atoms with van der Waals surface area (Å²) in [4.78, 5) is 36.0. The van der Waals surface area contributed by atoms with E-state index in [-0.39, 0.29) is 47.3 Å². The fourth-order valence-electron chi connectivity index (χ4n) is 6.13. The fraction of sp³-hybridized carbons (Fsp3) is 0.900. The standard InChI is InChI=1S/C29H55BN2O5.CHNO/c1-13-16-23(33)32(12)29(25(2,3)4,21-19-22(20-21)31-24(34)35-26(5,6)7)17-14-15-18-30-36-27(8,9)28(10,11)37-30;2-1-3/h21-22H,13-20H2,1-12H3,(H,31,34);2H. The molecule has 10 heteroatoms. The lowest BCUT2D eigenvalue weighted by molar-refractivity contribution is -0.151. The normalized spacial score (nSPS) is 23.1. The highest BCUT2D eigenvalue weighted by Gasteiger charge is 2.56. The Morgan fingerprint density at radius 3 is 1.98 bits per heavy atom. The maximum Gasteiger partial charge on any atom is 0.457 e. The molecule has 1 heterocycles. The zero-order chi connectivity index (χ0) is 31.2. The zero-order valence-corrected chi connectivity index (χ0v) is 27.3. The molecule has 2 amide bonds. The predicted molar refractivity (Wildman–Crippen MR) is 159 cm³/mol. The van der Waals surface area contributed by atoms with E-state index in [9.17, 15) is 9.59 Å². The molecule has 0 aromatic heterocycles. The number of amides is 2. The molecule has 1 aliphatic carbocycles. The minimum Gasteiger partial charge on any atom is -0.444 e. The number of ether oxygens (including phenoxy) is 1. The van der Waals surface area contributed by atoms with Crippen LogP contribution >= 0.6 is 0 Å². The molecule has 0 aromatic carbocycles. The first kappa shape index (κ1) is 36.1. The predicted octanol–water partition coefficient (Wildman–Crippen LogP) is 6.50. The number of hydrogen-bond donors (Lipinski definition) is 2. The van der Waals surface area contributed by atoms with Gasteiger partial charge in [-0.15, -0.1) is 0 Å². The average Bonchev–Trinajstić information content (AvgIpc) is 2.95. The molecule has 1 aliphatic heterocycles. The van der Waals surface area contributed by atoms with Gasteiger partial charge in [0, 0.05) is 19.5 Å². The first-order valence-electron chi connectivity index (χ1n) is 14.8. The number of hydrogen-bond acceptors (Lipinski definition) is 7. The van der Waals surface area contributed by atoms with Crippen LogP contribution in [0.5, 0.6) is 0 Å². The van der Waals surface area contributed by atoms with Crippen LogP contribution in [0.3, 0.4) is 0 Å². The molecule has 1 saturated carbocycles. The first-order valence-corrected chi connectivity index (χ1v) is 14.8. The molecule has 2 fully saturated rings. The van der Waals surface area contributed by atoms with Gasteiger partial charge in [0.15, 0.2) is 0 Å². The Hall–Kier alpha value is -1.90. The van der Waals surface area contributed by atoms with Crippen molar-refractivity contribution in [3.63, 3.8) is 0 Å². The van der Waals surface area contributed by atoms with E-state index in [1.165, 1.54) is 0 Å². The molecule has 9 nitrogen and oxygen atoms in total. The van der Waals surface area contributed by atoms with Crippen LogP contribution in [-0.2, 0) is 23.6 Å². The largest absolute Gasteiger partial charge is 0.457 e. The third-order valence-corrected chi connectivity index (χ3v) is 8.82. The molecular formula is C30H56BN3O6. The summed E-state index contributed by atoms with van der Waals surface area (Å²) in [7, 11) is 1.80. The zero-order valence-electron chi connectivity index (χ0n) is 27.3. The monoisotopic (exact) mass is 565 g/mol. The number of nitrogens with zero attached hydrogens (tertiary/aromatic N) is 1. The van der Waals surface area contributed by atoms with E-state index in [1.54, 1.807) is 0 Å². The van der Waals surface area contributed by atoms with Gasteiger partial charge in [-0.1, -0.05) is 40.5 Å². The van der Waals surface area contributed by atoms with Crippen LogP contribution in [-0.4, -0.2) is 65.5 Å². The molecule has 230 valence electrons. The van der Waals surface area contributed by atoms with Gasteiger partial charge < -0.3 is 24.3 Å². The topological polar surface area (TPSA) is 118 Å². The number of isocyanates is 1. The second kappa shape index (κ2) is 13.8. The Kier molecular flexibility index (Phi) is 12.5. The van der Waals surface area contributed by atoms with Gasteiger partial charge in [0.2, 0.25) is 12.0 Å². The number of alkyl carbamates (subject to hydrolysis) is 1. The summed E-state index contributed by atoms with van der Waals surface area (Å²) >= 11 is 0. The molecule has 0 aromatic rings. The average molecular weight is 566 g/mol. The Balaban J connectivity index is 0.00000254. The molecule has 2 N–H and O–H groups in total. The summed E-state index contributed by atoms with van der Waals surface area (Å²) < 4.78 is 17.9. The van der Waals surface area contributed by atoms with Gasteiger partial charge in [-0.05, 0) is 91.8 Å². The van der Waals surface area contributed by atoms with Crippen molar-refractivity contribution in [3.05, 3.63) is 0 Å². The minimum absolute atomic E-state index is 0.0704. The molecular weight excluding hydrogens is 509 g/mol. The molecule has 40 heavy (non-hydrogen) atoms. The third-order valence-electron chi connectivity index (χ3n) is 8.82. The highest BCUT2D eigenvalue weighted by atomic mass is 16.7. The second-order valence-corrected chi connectivity index (χ2v) is 14.4. The highest BCUT2D eigenvalue weighted by Crippen LogP contribution is 2.52. The molecule has 0 radical (unpaired) electrons. The number of unbranched alkanes of at least 4 members (excludes halogenated alkanes) is 1. The quantitative estimate of drug-likeness (QED) is 0.135. The summed E-state index contributed by atoms with van der Waals surface area (Å²) in [5.74, 6) is 0.502. The molecule has 1 atom stereocenters. The smallest absolute Gasteiger partial charge is 0.444 e. The summed E-state index contributed by atoms with van der Waals surface area (Å²) in [6.07, 6.45) is 7.15. The van der Waals surface area contributed by atoms with Crippen LogP contribution in [0.25, 0.3) is 0 Å². The maximum absolute atomic E-state index is 13.3. The second-order valence-electron chi connectivity index (χ2n) is 14.4. The molecule has 2 aliphatic rings. The summed E-state index contributed by atoms with van der Waals surface area (Å²) in [6.45, 7) is 22.8. The van der Waals surface area contributed by atoms with Crippen molar-refractivity contribution < 1.29 is 28.4 Å². The van der Waals surface area contributed by atoms with E-state index in [0.717, 1.165) is 50.9 Å². The van der Waals surface area contributed by atoms with Gasteiger partial charge in [0.25, 0.3) is 0 Å². The molecule has 1 unspecified atom stereocenters. The first-order chi connectivity index (χ1) is 18.2. The van der Waals surface area contributed by atoms with Crippen molar-refractivity contribution in [2.75, 3.05) is 7.05 Å². The van der Waals surface area contributed by atoms with Gasteiger partial charge in [0.05, 0.1) is 16.7 Å². The number of rotatable bonds is 10. The third kappa shape index (κ3) is 9.05. The van der Waals surface area contributed by atoms with Crippen LogP contribution in [0, 0.1) is 16.7 Å². The Labute approximate surface area is 243 Å².